The number of ether oxygens (including phenoxy) is 2. The summed E-state index contributed by atoms with van der Waals surface area (Å²) in [5, 5.41) is 10.6. The molecule has 1 atom stereocenters. The van der Waals surface area contributed by atoms with Gasteiger partial charge in [-0.1, -0.05) is 23.2 Å². The Morgan fingerprint density at radius 3 is 2.75 bits per heavy atom. The van der Waals surface area contributed by atoms with E-state index in [9.17, 15) is 4.79 Å². The zero-order valence-corrected chi connectivity index (χ0v) is 19.3. The van der Waals surface area contributed by atoms with E-state index in [0.29, 0.717) is 47.1 Å². The maximum absolute atomic E-state index is 12.7. The lowest BCUT2D eigenvalue weighted by molar-refractivity contribution is -0.121. The number of hydrogen-bond donors (Lipinski definition) is 3. The predicted octanol–water partition coefficient (Wildman–Crippen LogP) is 4.07. The highest BCUT2D eigenvalue weighted by atomic mass is 35.5. The van der Waals surface area contributed by atoms with E-state index in [1.165, 1.54) is 6.20 Å². The van der Waals surface area contributed by atoms with Crippen LogP contribution in [0.1, 0.15) is 12.8 Å². The van der Waals surface area contributed by atoms with Crippen LogP contribution in [-0.4, -0.2) is 57.0 Å². The van der Waals surface area contributed by atoms with Crippen molar-refractivity contribution in [3.63, 3.8) is 0 Å². The number of amides is 1. The Labute approximate surface area is 198 Å². The van der Waals surface area contributed by atoms with Crippen LogP contribution in [0.25, 0.3) is 11.1 Å². The maximum Gasteiger partial charge on any atom is 0.232 e. The Morgan fingerprint density at radius 1 is 1.09 bits per heavy atom. The van der Waals surface area contributed by atoms with Crippen LogP contribution in [0.5, 0.6) is 0 Å². The molecule has 3 heterocycles. The van der Waals surface area contributed by atoms with Gasteiger partial charge in [-0.2, -0.15) is 0 Å². The summed E-state index contributed by atoms with van der Waals surface area (Å²) >= 11 is 13.0. The largest absolute Gasteiger partial charge is 0.385 e. The molecular formula is C23H28Cl2N4O3. The van der Waals surface area contributed by atoms with Crippen molar-refractivity contribution in [2.75, 3.05) is 56.7 Å². The molecule has 9 heteroatoms. The number of benzene rings is 1. The average Bonchev–Trinajstić information content (AvgIpc) is 3.10. The van der Waals surface area contributed by atoms with Gasteiger partial charge in [0.05, 0.1) is 24.2 Å². The zero-order valence-electron chi connectivity index (χ0n) is 17.8. The average molecular weight is 479 g/mol. The first-order valence-electron chi connectivity index (χ1n) is 11.0. The topological polar surface area (TPSA) is 84.5 Å². The van der Waals surface area contributed by atoms with Crippen LogP contribution in [0, 0.1) is 11.8 Å². The van der Waals surface area contributed by atoms with Gasteiger partial charge in [0.15, 0.2) is 0 Å². The number of nitrogens with one attached hydrogen (secondary N) is 3. The molecule has 7 nitrogen and oxygen atoms in total. The van der Waals surface area contributed by atoms with Gasteiger partial charge in [0.25, 0.3) is 0 Å². The number of halogens is 2. The second-order valence-electron chi connectivity index (χ2n) is 8.15. The van der Waals surface area contributed by atoms with Crippen molar-refractivity contribution in [3.8, 4) is 11.1 Å². The van der Waals surface area contributed by atoms with Gasteiger partial charge in [0, 0.05) is 60.9 Å². The van der Waals surface area contributed by atoms with Gasteiger partial charge in [-0.15, -0.1) is 0 Å². The van der Waals surface area contributed by atoms with Crippen molar-refractivity contribution in [2.24, 2.45) is 11.8 Å². The number of rotatable bonds is 6. The van der Waals surface area contributed by atoms with Crippen LogP contribution >= 0.6 is 23.2 Å². The van der Waals surface area contributed by atoms with E-state index in [4.69, 9.17) is 32.7 Å². The molecule has 2 aliphatic heterocycles. The third-order valence-corrected chi connectivity index (χ3v) is 6.43. The monoisotopic (exact) mass is 478 g/mol. The molecule has 2 saturated heterocycles. The summed E-state index contributed by atoms with van der Waals surface area (Å²) in [6, 6.07) is 7.56. The molecule has 1 aromatic carbocycles. The lowest BCUT2D eigenvalue weighted by atomic mass is 10.00. The fourth-order valence-corrected chi connectivity index (χ4v) is 4.29. The van der Waals surface area contributed by atoms with E-state index in [1.807, 2.05) is 18.2 Å². The molecule has 0 saturated carbocycles. The van der Waals surface area contributed by atoms with Gasteiger partial charge in [0.1, 0.15) is 5.82 Å². The van der Waals surface area contributed by atoms with Gasteiger partial charge < -0.3 is 25.4 Å². The number of pyridine rings is 1. The summed E-state index contributed by atoms with van der Waals surface area (Å²) in [4.78, 5) is 16.9. The third-order valence-electron chi connectivity index (χ3n) is 5.80. The van der Waals surface area contributed by atoms with Gasteiger partial charge in [0.2, 0.25) is 5.91 Å². The fourth-order valence-electron chi connectivity index (χ4n) is 3.87. The van der Waals surface area contributed by atoms with Crippen LogP contribution < -0.4 is 16.0 Å². The SMILES string of the molecule is O=C(Nc1cc(-c2cc(NCC3CCOCC3)ccc2Cl)c(Cl)cn1)[C@@H]1CNCCOC1. The number of carbonyl (C=O) groups is 1. The Kier molecular flexibility index (Phi) is 8.21. The van der Waals surface area contributed by atoms with Crippen LogP contribution in [0.2, 0.25) is 10.0 Å². The van der Waals surface area contributed by atoms with Crippen LogP contribution in [-0.2, 0) is 14.3 Å². The summed E-state index contributed by atoms with van der Waals surface area (Å²) in [5.41, 5.74) is 2.47. The smallest absolute Gasteiger partial charge is 0.232 e. The van der Waals surface area contributed by atoms with Crippen molar-refractivity contribution in [1.82, 2.24) is 10.3 Å². The Balaban J connectivity index is 1.49. The lowest BCUT2D eigenvalue weighted by Gasteiger charge is -2.23. The van der Waals surface area contributed by atoms with E-state index >= 15 is 0 Å². The zero-order chi connectivity index (χ0) is 22.3. The molecule has 2 fully saturated rings. The predicted molar refractivity (Wildman–Crippen MR) is 128 cm³/mol. The molecule has 172 valence electrons. The van der Waals surface area contributed by atoms with Gasteiger partial charge in [-0.25, -0.2) is 4.98 Å². The Hall–Kier alpha value is -1.90. The normalized spacial score (nSPS) is 19.9. The number of anilines is 2. The van der Waals surface area contributed by atoms with E-state index in [-0.39, 0.29) is 11.8 Å². The molecule has 3 N–H and O–H groups in total. The first-order valence-corrected chi connectivity index (χ1v) is 11.7. The summed E-state index contributed by atoms with van der Waals surface area (Å²) in [6.07, 6.45) is 3.66. The lowest BCUT2D eigenvalue weighted by Crippen LogP contribution is -2.33. The van der Waals surface area contributed by atoms with Crippen molar-refractivity contribution < 1.29 is 14.3 Å². The summed E-state index contributed by atoms with van der Waals surface area (Å²) in [7, 11) is 0. The molecule has 0 bridgehead atoms. The summed E-state index contributed by atoms with van der Waals surface area (Å²) in [5.74, 6) is 0.602. The van der Waals surface area contributed by atoms with E-state index in [2.05, 4.69) is 20.9 Å². The second-order valence-corrected chi connectivity index (χ2v) is 8.96. The maximum atomic E-state index is 12.7. The highest BCUT2D eigenvalue weighted by molar-refractivity contribution is 6.36. The second kappa shape index (κ2) is 11.3. The molecule has 2 aliphatic rings. The minimum Gasteiger partial charge on any atom is -0.385 e. The molecule has 0 unspecified atom stereocenters. The third kappa shape index (κ3) is 6.11. The fraction of sp³-hybridized carbons (Fsp3) is 0.478. The Bertz CT molecular complexity index is 929. The number of hydrogen-bond acceptors (Lipinski definition) is 6. The Morgan fingerprint density at radius 2 is 1.91 bits per heavy atom. The quantitative estimate of drug-likeness (QED) is 0.580. The van der Waals surface area contributed by atoms with Crippen LogP contribution in [0.3, 0.4) is 0 Å². The molecule has 0 radical (unpaired) electrons. The molecule has 4 rings (SSSR count). The number of carbonyl (C=O) groups excluding carboxylic acids is 1. The van der Waals surface area contributed by atoms with E-state index < -0.39 is 0 Å². The summed E-state index contributed by atoms with van der Waals surface area (Å²) in [6.45, 7) is 4.82. The van der Waals surface area contributed by atoms with Gasteiger partial charge in [-0.3, -0.25) is 4.79 Å². The van der Waals surface area contributed by atoms with Crippen molar-refractivity contribution >= 4 is 40.6 Å². The van der Waals surface area contributed by atoms with Crippen LogP contribution in [0.4, 0.5) is 11.5 Å². The molecule has 32 heavy (non-hydrogen) atoms. The van der Waals surface area contributed by atoms with Crippen molar-refractivity contribution in [2.45, 2.75) is 12.8 Å². The standard InChI is InChI=1S/C23H28Cl2N4O3/c24-20-2-1-17(27-11-15-3-6-31-7-4-15)9-18(20)19-10-22(28-13-21(19)25)29-23(30)16-12-26-5-8-32-14-16/h1-2,9-10,13,15-16,26-27H,3-8,11-12,14H2,(H,28,29,30)/t16-/m1/s1. The first-order chi connectivity index (χ1) is 15.6. The van der Waals surface area contributed by atoms with Gasteiger partial charge in [-0.05, 0) is 43.0 Å². The minimum absolute atomic E-state index is 0.141. The van der Waals surface area contributed by atoms with Crippen LogP contribution in [0.15, 0.2) is 30.5 Å². The molecule has 0 aliphatic carbocycles. The van der Waals surface area contributed by atoms with Gasteiger partial charge >= 0.3 is 0 Å². The van der Waals surface area contributed by atoms with Crippen molar-refractivity contribution in [3.05, 3.63) is 40.5 Å². The highest BCUT2D eigenvalue weighted by Gasteiger charge is 2.22. The highest BCUT2D eigenvalue weighted by Crippen LogP contribution is 2.36. The summed E-state index contributed by atoms with van der Waals surface area (Å²) < 4.78 is 10.9. The van der Waals surface area contributed by atoms with E-state index in [1.54, 1.807) is 6.07 Å². The van der Waals surface area contributed by atoms with Crippen molar-refractivity contribution in [1.29, 1.82) is 0 Å². The molecule has 2 aromatic rings. The molecule has 0 spiro atoms. The number of nitrogens with zero attached hydrogens (tertiary/aromatic N) is 1. The molecular weight excluding hydrogens is 451 g/mol. The minimum atomic E-state index is -0.278. The number of aromatic nitrogens is 1. The molecule has 1 amide bonds. The van der Waals surface area contributed by atoms with E-state index in [0.717, 1.165) is 50.4 Å². The first kappa shape index (κ1) is 23.3. The molecule has 1 aromatic heterocycles.